The number of likely N-dealkylation sites (tertiary alicyclic amines) is 3. The van der Waals surface area contributed by atoms with Gasteiger partial charge in [-0.2, -0.15) is 0 Å². The summed E-state index contributed by atoms with van der Waals surface area (Å²) in [6, 6.07) is 72.1. The minimum absolute atomic E-state index is 0.0694. The zero-order valence-electron chi connectivity index (χ0n) is 56.9. The molecule has 6 heterocycles. The number of nitrogens with one attached hydrogen (secondary N) is 3. The van der Waals surface area contributed by atoms with Gasteiger partial charge in [0.05, 0.1) is 60.3 Å². The molecule has 0 spiro atoms. The lowest BCUT2D eigenvalue weighted by Gasteiger charge is -2.27. The number of carboxylic acid groups (broad SMARTS) is 1. The summed E-state index contributed by atoms with van der Waals surface area (Å²) in [6.45, 7) is 12.6. The summed E-state index contributed by atoms with van der Waals surface area (Å²) < 4.78 is 40.2. The van der Waals surface area contributed by atoms with E-state index in [1.165, 1.54) is 27.5 Å². The largest absolute Gasteiger partial charge is 0.465 e. The number of aromatic amines is 3. The lowest BCUT2D eigenvalue weighted by molar-refractivity contribution is 0.0125. The summed E-state index contributed by atoms with van der Waals surface area (Å²) >= 11 is 3.51. The predicted molar refractivity (Wildman–Crippen MR) is 395 cm³/mol. The van der Waals surface area contributed by atoms with Gasteiger partial charge in [0.15, 0.2) is 0 Å². The van der Waals surface area contributed by atoms with Crippen molar-refractivity contribution in [1.29, 1.82) is 0 Å². The van der Waals surface area contributed by atoms with E-state index in [4.69, 9.17) is 9.47 Å². The summed E-state index contributed by atoms with van der Waals surface area (Å²) in [7, 11) is 0. The molecule has 3 fully saturated rings. The number of benzene rings is 9. The molecule has 0 saturated carbocycles. The Kier molecular flexibility index (Phi) is 22.8. The van der Waals surface area contributed by atoms with Crippen molar-refractivity contribution in [2.75, 3.05) is 19.6 Å². The second-order valence-corrected chi connectivity index (χ2v) is 27.2. The monoisotopic (exact) mass is 1410 g/mol. The van der Waals surface area contributed by atoms with Crippen LogP contribution in [-0.4, -0.2) is 99.1 Å². The first-order chi connectivity index (χ1) is 48.2. The topological polar surface area (TPSA) is 186 Å². The quantitative estimate of drug-likeness (QED) is 0.109. The Labute approximate surface area is 590 Å². The number of hydrogen-bond acceptors (Lipinski definition) is 8. The molecule has 0 bridgehead atoms. The van der Waals surface area contributed by atoms with Crippen molar-refractivity contribution >= 4 is 55.8 Å². The average molecular weight is 1410 g/mol. The van der Waals surface area contributed by atoms with Gasteiger partial charge in [-0.25, -0.2) is 38.1 Å². The van der Waals surface area contributed by atoms with Crippen LogP contribution in [-0.2, 0) is 16.1 Å². The Morgan fingerprint density at radius 2 is 0.890 bits per heavy atom. The molecule has 0 radical (unpaired) electrons. The third-order valence-electron chi connectivity index (χ3n) is 17.4. The number of nitrogens with zero attached hydrogens (tertiary/aromatic N) is 6. The van der Waals surface area contributed by atoms with Crippen LogP contribution >= 0.6 is 15.9 Å². The second-order valence-electron chi connectivity index (χ2n) is 26.3. The van der Waals surface area contributed by atoms with E-state index in [1.54, 1.807) is 16.0 Å². The number of ether oxygens (including phenoxy) is 2. The molecule has 18 heteroatoms. The van der Waals surface area contributed by atoms with E-state index in [1.807, 2.05) is 148 Å². The summed E-state index contributed by atoms with van der Waals surface area (Å²) in [5.41, 5.74) is 11.8. The molecule has 0 aliphatic carbocycles. The molecule has 4 N–H and O–H groups in total. The van der Waals surface area contributed by atoms with Crippen molar-refractivity contribution in [2.45, 2.75) is 110 Å². The van der Waals surface area contributed by atoms with Crippen LogP contribution in [0.1, 0.15) is 111 Å². The second kappa shape index (κ2) is 32.3. The first-order valence-electron chi connectivity index (χ1n) is 33.6. The fraction of sp³-hybridized carbons (Fsp3) is 0.244. The van der Waals surface area contributed by atoms with Crippen molar-refractivity contribution in [3.8, 4) is 44.9 Å². The highest BCUT2D eigenvalue weighted by Gasteiger charge is 2.49. The SMILES string of the molecule is CC(C)(C)OC(=O)N1CCCC1c1ncc(-c2ccc3cc(Br)ccc3c2)[nH]1.Cc1ccccc1.Cc1ccccc1.Cc1ccccc1.O=C(O)N1CC(F)(F)CC1c1ncc(-c2ccc(-c3ccc4cc(-c5cnc(C6CCCN6C(=O)OCc6ccccc6)[nH]5)ccc4c3)cc2)[nH]1. The van der Waals surface area contributed by atoms with Gasteiger partial charge < -0.3 is 29.5 Å². The molecule has 3 amide bonds. The number of halogens is 3. The molecule has 3 atom stereocenters. The molecule has 100 heavy (non-hydrogen) atoms. The van der Waals surface area contributed by atoms with Crippen molar-refractivity contribution < 1.29 is 37.7 Å². The maximum Gasteiger partial charge on any atom is 0.410 e. The van der Waals surface area contributed by atoms with Crippen LogP contribution in [0.4, 0.5) is 23.2 Å². The molecule has 15 rings (SSSR count). The van der Waals surface area contributed by atoms with Crippen LogP contribution < -0.4 is 0 Å². The van der Waals surface area contributed by atoms with Crippen LogP contribution in [0.5, 0.6) is 0 Å². The van der Waals surface area contributed by atoms with Crippen LogP contribution in [0.15, 0.2) is 241 Å². The summed E-state index contributed by atoms with van der Waals surface area (Å²) in [5, 5.41) is 13.9. The number of amides is 3. The van der Waals surface area contributed by atoms with E-state index in [9.17, 15) is 28.3 Å². The fourth-order valence-corrected chi connectivity index (χ4v) is 12.7. The van der Waals surface area contributed by atoms with Crippen LogP contribution in [0.2, 0.25) is 0 Å². The van der Waals surface area contributed by atoms with Crippen LogP contribution in [0.25, 0.3) is 66.4 Å². The number of fused-ring (bicyclic) bond motifs is 2. The summed E-state index contributed by atoms with van der Waals surface area (Å²) in [6.07, 6.45) is 6.11. The van der Waals surface area contributed by atoms with E-state index in [-0.39, 0.29) is 36.7 Å². The third kappa shape index (κ3) is 18.7. The number of carbonyl (C=O) groups is 3. The van der Waals surface area contributed by atoms with Gasteiger partial charge in [0.1, 0.15) is 29.7 Å². The van der Waals surface area contributed by atoms with E-state index in [0.717, 1.165) is 102 Å². The molecular formula is C82H82BrF2N9O6. The molecule has 3 saturated heterocycles. The maximum absolute atomic E-state index is 14.0. The first-order valence-corrected chi connectivity index (χ1v) is 34.4. The van der Waals surface area contributed by atoms with Crippen LogP contribution in [0, 0.1) is 20.8 Å². The smallest absolute Gasteiger partial charge is 0.410 e. The van der Waals surface area contributed by atoms with Crippen molar-refractivity contribution in [1.82, 2.24) is 44.6 Å². The molecule has 3 unspecified atom stereocenters. The van der Waals surface area contributed by atoms with Crippen molar-refractivity contribution in [2.24, 2.45) is 0 Å². The van der Waals surface area contributed by atoms with E-state index in [2.05, 4.69) is 170 Å². The Hall–Kier alpha value is -10.7. The Bertz CT molecular complexity index is 4590. The highest BCUT2D eigenvalue weighted by Crippen LogP contribution is 2.41. The standard InChI is InChI=1S/C39H34F2N6O4.C22H24BrN3O2.3C7H8/c40-39(41)19-34(47(23-39)37(48)49)36-43-20-31(44-36)26-10-8-25(9-11-26)27-12-13-29-18-30(15-14-28(29)17-27)32-21-42-35(45-32)33-7-4-16-46(33)38(50)51-22-24-5-2-1-3-6-24;1-22(2,3)28-21(27)26-10-4-5-19(26)20-24-13-18(25-20)16-7-6-15-12-17(23)9-8-14(15)11-16;3*1-7-5-3-2-4-6-7/h1-3,5-6,8-15,17-18,20-21,33-34H,4,7,16,19,22-23H2,(H,42,45)(H,43,44)(H,48,49);6-9,11-13,19H,4-5,10H2,1-3H3,(H,24,25);3*2-6H,1H3. The van der Waals surface area contributed by atoms with Gasteiger partial charge in [-0.15, -0.1) is 0 Å². The van der Waals surface area contributed by atoms with Gasteiger partial charge >= 0.3 is 18.3 Å². The fourth-order valence-electron chi connectivity index (χ4n) is 12.3. The Morgan fingerprint density at radius 1 is 0.500 bits per heavy atom. The number of imidazole rings is 3. The maximum atomic E-state index is 14.0. The molecule has 3 aromatic heterocycles. The van der Waals surface area contributed by atoms with Crippen molar-refractivity contribution in [3.63, 3.8) is 0 Å². The number of aryl methyl sites for hydroxylation is 3. The molecule has 512 valence electrons. The highest BCUT2D eigenvalue weighted by molar-refractivity contribution is 9.10. The van der Waals surface area contributed by atoms with Crippen molar-refractivity contribution in [3.05, 3.63) is 281 Å². The van der Waals surface area contributed by atoms with Gasteiger partial charge in [-0.1, -0.05) is 221 Å². The molecule has 3 aliphatic rings. The third-order valence-corrected chi connectivity index (χ3v) is 17.9. The van der Waals surface area contributed by atoms with Gasteiger partial charge in [0, 0.05) is 35.1 Å². The van der Waals surface area contributed by atoms with E-state index >= 15 is 0 Å². The zero-order valence-corrected chi connectivity index (χ0v) is 58.5. The highest BCUT2D eigenvalue weighted by atomic mass is 79.9. The summed E-state index contributed by atoms with van der Waals surface area (Å²) in [5.74, 6) is -1.34. The normalized spacial score (nSPS) is 16.1. The molecule has 15 nitrogen and oxygen atoms in total. The number of H-pyrrole nitrogens is 3. The zero-order chi connectivity index (χ0) is 70.3. The van der Waals surface area contributed by atoms with Gasteiger partial charge in [0.25, 0.3) is 5.92 Å². The first kappa shape index (κ1) is 70.6. The predicted octanol–water partition coefficient (Wildman–Crippen LogP) is 20.9. The number of hydrogen-bond donors (Lipinski definition) is 4. The van der Waals surface area contributed by atoms with E-state index < -0.39 is 36.6 Å². The van der Waals surface area contributed by atoms with Gasteiger partial charge in [-0.05, 0) is 141 Å². The Morgan fingerprint density at radius 3 is 1.34 bits per heavy atom. The Balaban J connectivity index is 0.000000169. The number of rotatable bonds is 9. The summed E-state index contributed by atoms with van der Waals surface area (Å²) in [4.78, 5) is 64.7. The molecule has 12 aromatic rings. The molecule has 9 aromatic carbocycles. The molecular weight excluding hydrogens is 1320 g/mol. The van der Waals surface area contributed by atoms with Crippen LogP contribution in [0.3, 0.4) is 0 Å². The molecule has 3 aliphatic heterocycles. The number of alkyl halides is 2. The lowest BCUT2D eigenvalue weighted by Crippen LogP contribution is -2.36. The number of carbonyl (C=O) groups excluding carboxylic acids is 2. The minimum atomic E-state index is -3.10. The minimum Gasteiger partial charge on any atom is -0.465 e. The van der Waals surface area contributed by atoms with Gasteiger partial charge in [-0.3, -0.25) is 14.7 Å². The lowest BCUT2D eigenvalue weighted by atomic mass is 9.98. The van der Waals surface area contributed by atoms with Gasteiger partial charge in [0.2, 0.25) is 0 Å². The van der Waals surface area contributed by atoms with E-state index in [0.29, 0.717) is 18.8 Å². The number of aromatic nitrogens is 6. The average Bonchev–Trinajstić information content (AvgIpc) is 1.63.